The Kier molecular flexibility index (Phi) is 6.38. The molecule has 1 aromatic carbocycles. The number of carbonyl (C=O) groups is 2. The summed E-state index contributed by atoms with van der Waals surface area (Å²) in [4.78, 5) is 32.5. The molecule has 1 amide bonds. The Morgan fingerprint density at radius 3 is 2.37 bits per heavy atom. The standard InChI is InChI=1S/C20H24N4O3/c25-18(22-19(20(26)27)16-6-2-1-3-7-16)9-11-23-12-14-24(15-13-23)17-8-4-5-10-21-17/h1-8,10,19H,9,11-15H2,(H,22,25)(H,26,27)/t19-/m0/s1. The maximum atomic E-state index is 12.2. The summed E-state index contributed by atoms with van der Waals surface area (Å²) in [6.45, 7) is 4.04. The van der Waals surface area contributed by atoms with Crippen molar-refractivity contribution in [1.29, 1.82) is 0 Å². The van der Waals surface area contributed by atoms with Gasteiger partial charge in [-0.15, -0.1) is 0 Å². The van der Waals surface area contributed by atoms with E-state index in [1.165, 1.54) is 0 Å². The number of carboxylic acid groups (broad SMARTS) is 1. The molecule has 1 aliphatic heterocycles. The van der Waals surface area contributed by atoms with Crippen molar-refractivity contribution in [2.24, 2.45) is 0 Å². The molecule has 2 aromatic rings. The van der Waals surface area contributed by atoms with Crippen LogP contribution in [0.3, 0.4) is 0 Å². The third-order valence-corrected chi connectivity index (χ3v) is 4.69. The number of aliphatic carboxylic acids is 1. The zero-order valence-electron chi connectivity index (χ0n) is 15.1. The van der Waals surface area contributed by atoms with Crippen molar-refractivity contribution >= 4 is 17.7 Å². The van der Waals surface area contributed by atoms with Gasteiger partial charge in [0.15, 0.2) is 6.04 Å². The molecule has 2 N–H and O–H groups in total. The summed E-state index contributed by atoms with van der Waals surface area (Å²) < 4.78 is 0. The van der Waals surface area contributed by atoms with Crippen LogP contribution in [0.2, 0.25) is 0 Å². The molecule has 1 saturated heterocycles. The molecular weight excluding hydrogens is 344 g/mol. The lowest BCUT2D eigenvalue weighted by molar-refractivity contribution is -0.142. The Labute approximate surface area is 158 Å². The van der Waals surface area contributed by atoms with Gasteiger partial charge in [-0.3, -0.25) is 9.69 Å². The highest BCUT2D eigenvalue weighted by Gasteiger charge is 2.23. The van der Waals surface area contributed by atoms with Crippen molar-refractivity contribution in [1.82, 2.24) is 15.2 Å². The Bertz CT molecular complexity index is 746. The van der Waals surface area contributed by atoms with E-state index in [0.29, 0.717) is 12.1 Å². The number of carboxylic acids is 1. The summed E-state index contributed by atoms with van der Waals surface area (Å²) in [5, 5.41) is 12.0. The van der Waals surface area contributed by atoms with Gasteiger partial charge in [-0.1, -0.05) is 36.4 Å². The first-order chi connectivity index (χ1) is 13.1. The van der Waals surface area contributed by atoms with E-state index < -0.39 is 12.0 Å². The van der Waals surface area contributed by atoms with Crippen LogP contribution >= 0.6 is 0 Å². The fourth-order valence-electron chi connectivity index (χ4n) is 3.17. The number of carbonyl (C=O) groups excluding carboxylic acids is 1. The smallest absolute Gasteiger partial charge is 0.330 e. The van der Waals surface area contributed by atoms with Crippen molar-refractivity contribution in [2.45, 2.75) is 12.5 Å². The molecule has 0 bridgehead atoms. The molecule has 1 aliphatic rings. The second-order valence-corrected chi connectivity index (χ2v) is 6.52. The number of aromatic nitrogens is 1. The fourth-order valence-corrected chi connectivity index (χ4v) is 3.17. The Hall–Kier alpha value is -2.93. The van der Waals surface area contributed by atoms with Gasteiger partial charge < -0.3 is 15.3 Å². The molecule has 27 heavy (non-hydrogen) atoms. The van der Waals surface area contributed by atoms with Crippen LogP contribution in [0, 0.1) is 0 Å². The molecule has 1 fully saturated rings. The average molecular weight is 368 g/mol. The normalized spacial score (nSPS) is 15.9. The molecule has 2 heterocycles. The van der Waals surface area contributed by atoms with Crippen LogP contribution in [0.15, 0.2) is 54.7 Å². The number of anilines is 1. The number of amides is 1. The predicted octanol–water partition coefficient (Wildman–Crippen LogP) is 1.54. The fraction of sp³-hybridized carbons (Fsp3) is 0.350. The molecule has 142 valence electrons. The first-order valence-corrected chi connectivity index (χ1v) is 9.09. The first kappa shape index (κ1) is 18.8. The summed E-state index contributed by atoms with van der Waals surface area (Å²) in [5.41, 5.74) is 0.572. The molecule has 0 spiro atoms. The molecule has 0 saturated carbocycles. The Morgan fingerprint density at radius 2 is 1.74 bits per heavy atom. The summed E-state index contributed by atoms with van der Waals surface area (Å²) in [5.74, 6) is -0.334. The van der Waals surface area contributed by atoms with Gasteiger partial charge in [-0.2, -0.15) is 0 Å². The van der Waals surface area contributed by atoms with E-state index in [0.717, 1.165) is 32.0 Å². The highest BCUT2D eigenvalue weighted by atomic mass is 16.4. The van der Waals surface area contributed by atoms with Crippen LogP contribution in [0.25, 0.3) is 0 Å². The number of benzene rings is 1. The third-order valence-electron chi connectivity index (χ3n) is 4.69. The van der Waals surface area contributed by atoms with Gasteiger partial charge in [0.2, 0.25) is 5.91 Å². The number of nitrogens with one attached hydrogen (secondary N) is 1. The van der Waals surface area contributed by atoms with Crippen molar-refractivity contribution in [3.63, 3.8) is 0 Å². The third kappa shape index (κ3) is 5.27. The summed E-state index contributed by atoms with van der Waals surface area (Å²) in [7, 11) is 0. The minimum absolute atomic E-state index is 0.251. The highest BCUT2D eigenvalue weighted by molar-refractivity contribution is 5.84. The molecule has 1 aromatic heterocycles. The molecule has 7 heteroatoms. The van der Waals surface area contributed by atoms with Gasteiger partial charge in [0, 0.05) is 45.3 Å². The van der Waals surface area contributed by atoms with E-state index in [1.54, 1.807) is 30.5 Å². The van der Waals surface area contributed by atoms with E-state index in [1.807, 2.05) is 24.3 Å². The second-order valence-electron chi connectivity index (χ2n) is 6.52. The van der Waals surface area contributed by atoms with Crippen LogP contribution < -0.4 is 10.2 Å². The zero-order valence-corrected chi connectivity index (χ0v) is 15.1. The molecule has 0 aliphatic carbocycles. The van der Waals surface area contributed by atoms with Crippen molar-refractivity contribution in [3.8, 4) is 0 Å². The number of nitrogens with zero attached hydrogens (tertiary/aromatic N) is 3. The van der Waals surface area contributed by atoms with Gasteiger partial charge in [-0.05, 0) is 17.7 Å². The monoisotopic (exact) mass is 368 g/mol. The van der Waals surface area contributed by atoms with Crippen molar-refractivity contribution < 1.29 is 14.7 Å². The van der Waals surface area contributed by atoms with Gasteiger partial charge >= 0.3 is 5.97 Å². The largest absolute Gasteiger partial charge is 0.479 e. The van der Waals surface area contributed by atoms with Crippen LogP contribution in [0.1, 0.15) is 18.0 Å². The number of rotatable bonds is 7. The molecular formula is C20H24N4O3. The van der Waals surface area contributed by atoms with E-state index in [-0.39, 0.29) is 12.3 Å². The topological polar surface area (TPSA) is 85.8 Å². The second kappa shape index (κ2) is 9.14. The number of piperazine rings is 1. The highest BCUT2D eigenvalue weighted by Crippen LogP contribution is 2.14. The Balaban J connectivity index is 1.45. The van der Waals surface area contributed by atoms with Gasteiger partial charge in [0.1, 0.15) is 5.82 Å². The quantitative estimate of drug-likeness (QED) is 0.771. The molecule has 7 nitrogen and oxygen atoms in total. The SMILES string of the molecule is O=C(CCN1CCN(c2ccccn2)CC1)N[C@H](C(=O)O)c1ccccc1. The molecule has 3 rings (SSSR count). The summed E-state index contributed by atoms with van der Waals surface area (Å²) >= 11 is 0. The lowest BCUT2D eigenvalue weighted by Crippen LogP contribution is -2.47. The van der Waals surface area contributed by atoms with Crippen LogP contribution in [0.4, 0.5) is 5.82 Å². The zero-order chi connectivity index (χ0) is 19.1. The molecule has 0 unspecified atom stereocenters. The average Bonchev–Trinajstić information content (AvgIpc) is 2.72. The van der Waals surface area contributed by atoms with Gasteiger partial charge in [0.05, 0.1) is 0 Å². The van der Waals surface area contributed by atoms with Crippen LogP contribution in [-0.4, -0.2) is 59.6 Å². The number of hydrogen-bond donors (Lipinski definition) is 2. The van der Waals surface area contributed by atoms with E-state index in [2.05, 4.69) is 20.1 Å². The predicted molar refractivity (Wildman–Crippen MR) is 102 cm³/mol. The van der Waals surface area contributed by atoms with Gasteiger partial charge in [-0.25, -0.2) is 9.78 Å². The minimum atomic E-state index is -1.06. The van der Waals surface area contributed by atoms with Crippen molar-refractivity contribution in [3.05, 3.63) is 60.3 Å². The first-order valence-electron chi connectivity index (χ1n) is 9.09. The summed E-state index contributed by atoms with van der Waals surface area (Å²) in [6, 6.07) is 13.6. The number of hydrogen-bond acceptors (Lipinski definition) is 5. The lowest BCUT2D eigenvalue weighted by Gasteiger charge is -2.35. The minimum Gasteiger partial charge on any atom is -0.479 e. The number of pyridine rings is 1. The molecule has 0 radical (unpaired) electrons. The summed E-state index contributed by atoms with van der Waals surface area (Å²) in [6.07, 6.45) is 2.07. The van der Waals surface area contributed by atoms with E-state index >= 15 is 0 Å². The van der Waals surface area contributed by atoms with Gasteiger partial charge in [0.25, 0.3) is 0 Å². The van der Waals surface area contributed by atoms with Crippen LogP contribution in [-0.2, 0) is 9.59 Å². The Morgan fingerprint density at radius 1 is 1.04 bits per heavy atom. The van der Waals surface area contributed by atoms with E-state index in [9.17, 15) is 14.7 Å². The van der Waals surface area contributed by atoms with Crippen LogP contribution in [0.5, 0.6) is 0 Å². The van der Waals surface area contributed by atoms with E-state index in [4.69, 9.17) is 0 Å². The van der Waals surface area contributed by atoms with Crippen molar-refractivity contribution in [2.75, 3.05) is 37.6 Å². The maximum Gasteiger partial charge on any atom is 0.330 e. The lowest BCUT2D eigenvalue weighted by atomic mass is 10.1. The molecule has 1 atom stereocenters. The maximum absolute atomic E-state index is 12.2.